The molecule has 1 aromatic rings. The first kappa shape index (κ1) is 17.3. The van der Waals surface area contributed by atoms with Gasteiger partial charge in [0.05, 0.1) is 5.69 Å². The van der Waals surface area contributed by atoms with Crippen molar-refractivity contribution in [3.05, 3.63) is 23.2 Å². The van der Waals surface area contributed by atoms with Crippen molar-refractivity contribution in [2.24, 2.45) is 11.0 Å². The number of amides is 2. The van der Waals surface area contributed by atoms with Gasteiger partial charge in [-0.15, -0.1) is 0 Å². The Morgan fingerprint density at radius 3 is 2.91 bits per heavy atom. The largest absolute Gasteiger partial charge is 0.482 e. The maximum Gasteiger partial charge on any atom is 0.265 e. The van der Waals surface area contributed by atoms with E-state index in [4.69, 9.17) is 16.3 Å². The zero-order valence-corrected chi connectivity index (χ0v) is 14.2. The molecule has 0 radical (unpaired) electrons. The Kier molecular flexibility index (Phi) is 5.60. The van der Waals surface area contributed by atoms with E-state index in [2.05, 4.69) is 24.4 Å². The van der Waals surface area contributed by atoms with Gasteiger partial charge in [0.15, 0.2) is 6.61 Å². The standard InChI is InChI=1S/C16H20ClN3O3/c1-10(2)6-11(3)18-19-15(21)8-20-13-7-12(17)4-5-14(13)23-9-16(20)22/h4-5,7,10H,6,8-9H2,1-3H3,(H,19,21)/b18-11+. The average Bonchev–Trinajstić information content (AvgIpc) is 2.47. The average molecular weight is 338 g/mol. The minimum absolute atomic E-state index is 0.0996. The molecular weight excluding hydrogens is 318 g/mol. The second kappa shape index (κ2) is 7.46. The normalized spacial score (nSPS) is 14.6. The van der Waals surface area contributed by atoms with Crippen molar-refractivity contribution in [2.75, 3.05) is 18.1 Å². The fraction of sp³-hybridized carbons (Fsp3) is 0.438. The summed E-state index contributed by atoms with van der Waals surface area (Å²) in [5.41, 5.74) is 3.81. The van der Waals surface area contributed by atoms with Crippen LogP contribution in [0.4, 0.5) is 5.69 Å². The number of benzene rings is 1. The fourth-order valence-electron chi connectivity index (χ4n) is 2.32. The van der Waals surface area contributed by atoms with Crippen LogP contribution in [0.15, 0.2) is 23.3 Å². The molecule has 1 aromatic carbocycles. The van der Waals surface area contributed by atoms with Gasteiger partial charge in [0.25, 0.3) is 11.8 Å². The van der Waals surface area contributed by atoms with Gasteiger partial charge in [-0.2, -0.15) is 5.10 Å². The van der Waals surface area contributed by atoms with E-state index in [-0.39, 0.29) is 25.0 Å². The van der Waals surface area contributed by atoms with E-state index in [1.54, 1.807) is 18.2 Å². The third-order valence-electron chi connectivity index (χ3n) is 3.24. The highest BCUT2D eigenvalue weighted by Gasteiger charge is 2.27. The predicted octanol–water partition coefficient (Wildman–Crippen LogP) is 2.60. The van der Waals surface area contributed by atoms with Crippen LogP contribution in [0.5, 0.6) is 5.75 Å². The van der Waals surface area contributed by atoms with Crippen LogP contribution in [0, 0.1) is 5.92 Å². The number of hydrogen-bond donors (Lipinski definition) is 1. The van der Waals surface area contributed by atoms with Crippen LogP contribution in [0.25, 0.3) is 0 Å². The molecule has 7 heteroatoms. The Balaban J connectivity index is 2.06. The lowest BCUT2D eigenvalue weighted by Gasteiger charge is -2.28. The number of fused-ring (bicyclic) bond motifs is 1. The molecule has 2 amide bonds. The Bertz CT molecular complexity index is 643. The van der Waals surface area contributed by atoms with Crippen LogP contribution in [-0.2, 0) is 9.59 Å². The molecule has 0 saturated carbocycles. The molecule has 0 atom stereocenters. The number of hydrazone groups is 1. The molecular formula is C16H20ClN3O3. The van der Waals surface area contributed by atoms with Gasteiger partial charge in [-0.25, -0.2) is 5.43 Å². The summed E-state index contributed by atoms with van der Waals surface area (Å²) in [5.74, 6) is 0.332. The molecule has 2 rings (SSSR count). The van der Waals surface area contributed by atoms with Crippen molar-refractivity contribution in [1.82, 2.24) is 5.43 Å². The van der Waals surface area contributed by atoms with E-state index in [0.29, 0.717) is 22.4 Å². The summed E-state index contributed by atoms with van der Waals surface area (Å²) in [4.78, 5) is 25.4. The number of carbonyl (C=O) groups excluding carboxylic acids is 2. The quantitative estimate of drug-likeness (QED) is 0.663. The topological polar surface area (TPSA) is 71.0 Å². The lowest BCUT2D eigenvalue weighted by molar-refractivity contribution is -0.125. The van der Waals surface area contributed by atoms with Crippen LogP contribution in [0.1, 0.15) is 27.2 Å². The number of rotatable bonds is 5. The highest BCUT2D eigenvalue weighted by atomic mass is 35.5. The predicted molar refractivity (Wildman–Crippen MR) is 90.0 cm³/mol. The summed E-state index contributed by atoms with van der Waals surface area (Å²) >= 11 is 5.96. The van der Waals surface area contributed by atoms with Crippen LogP contribution >= 0.6 is 11.6 Å². The van der Waals surface area contributed by atoms with Gasteiger partial charge in [0.2, 0.25) is 0 Å². The molecule has 1 N–H and O–H groups in total. The van der Waals surface area contributed by atoms with Crippen LogP contribution in [-0.4, -0.2) is 30.7 Å². The molecule has 0 saturated heterocycles. The number of hydrogen-bond acceptors (Lipinski definition) is 4. The number of nitrogens with zero attached hydrogens (tertiary/aromatic N) is 2. The minimum Gasteiger partial charge on any atom is -0.482 e. The van der Waals surface area contributed by atoms with E-state index in [1.807, 2.05) is 6.92 Å². The van der Waals surface area contributed by atoms with Crippen LogP contribution in [0.2, 0.25) is 5.02 Å². The van der Waals surface area contributed by atoms with Crippen molar-refractivity contribution >= 4 is 34.8 Å². The highest BCUT2D eigenvalue weighted by Crippen LogP contribution is 2.34. The molecule has 1 aliphatic heterocycles. The number of halogens is 1. The molecule has 1 aliphatic rings. The lowest BCUT2D eigenvalue weighted by atomic mass is 10.1. The summed E-state index contributed by atoms with van der Waals surface area (Å²) in [7, 11) is 0. The van der Waals surface area contributed by atoms with Gasteiger partial charge in [0, 0.05) is 10.7 Å². The molecule has 0 fully saturated rings. The molecule has 0 spiro atoms. The Morgan fingerprint density at radius 2 is 2.22 bits per heavy atom. The second-order valence-electron chi connectivity index (χ2n) is 5.86. The third-order valence-corrected chi connectivity index (χ3v) is 3.48. The van der Waals surface area contributed by atoms with Crippen molar-refractivity contribution in [1.29, 1.82) is 0 Å². The molecule has 0 aromatic heterocycles. The zero-order valence-electron chi connectivity index (χ0n) is 13.4. The monoisotopic (exact) mass is 337 g/mol. The molecule has 1 heterocycles. The van der Waals surface area contributed by atoms with E-state index in [9.17, 15) is 9.59 Å². The van der Waals surface area contributed by atoms with Crippen molar-refractivity contribution in [2.45, 2.75) is 27.2 Å². The van der Waals surface area contributed by atoms with E-state index in [0.717, 1.165) is 12.1 Å². The summed E-state index contributed by atoms with van der Waals surface area (Å²) in [6, 6.07) is 4.96. The SMILES string of the molecule is C/C(CC(C)C)=N\NC(=O)CN1C(=O)COc2ccc(Cl)cc21. The van der Waals surface area contributed by atoms with Gasteiger partial charge in [0.1, 0.15) is 12.3 Å². The molecule has 0 bridgehead atoms. The maximum absolute atomic E-state index is 12.1. The van der Waals surface area contributed by atoms with Gasteiger partial charge < -0.3 is 4.74 Å². The number of carbonyl (C=O) groups is 2. The van der Waals surface area contributed by atoms with Gasteiger partial charge in [-0.05, 0) is 37.5 Å². The molecule has 0 unspecified atom stereocenters. The smallest absolute Gasteiger partial charge is 0.265 e. The summed E-state index contributed by atoms with van der Waals surface area (Å²) in [5, 5.41) is 4.52. The fourth-order valence-corrected chi connectivity index (χ4v) is 2.49. The van der Waals surface area contributed by atoms with E-state index >= 15 is 0 Å². The highest BCUT2D eigenvalue weighted by molar-refractivity contribution is 6.31. The van der Waals surface area contributed by atoms with Crippen molar-refractivity contribution in [3.63, 3.8) is 0 Å². The maximum atomic E-state index is 12.1. The number of nitrogens with one attached hydrogen (secondary N) is 1. The third kappa shape index (κ3) is 4.69. The van der Waals surface area contributed by atoms with Gasteiger partial charge in [-0.3, -0.25) is 14.5 Å². The van der Waals surface area contributed by atoms with Gasteiger partial charge >= 0.3 is 0 Å². The Labute approximate surface area is 140 Å². The van der Waals surface area contributed by atoms with E-state index in [1.165, 1.54) is 4.90 Å². The number of anilines is 1. The summed E-state index contributed by atoms with van der Waals surface area (Å²) < 4.78 is 5.34. The zero-order chi connectivity index (χ0) is 17.0. The van der Waals surface area contributed by atoms with Crippen molar-refractivity contribution in [3.8, 4) is 5.75 Å². The molecule has 6 nitrogen and oxygen atoms in total. The Morgan fingerprint density at radius 1 is 1.48 bits per heavy atom. The van der Waals surface area contributed by atoms with Crippen molar-refractivity contribution < 1.29 is 14.3 Å². The minimum atomic E-state index is -0.366. The molecule has 124 valence electrons. The lowest BCUT2D eigenvalue weighted by Crippen LogP contribution is -2.44. The van der Waals surface area contributed by atoms with E-state index < -0.39 is 0 Å². The molecule has 0 aliphatic carbocycles. The summed E-state index contributed by atoms with van der Waals surface area (Å²) in [6.07, 6.45) is 0.801. The second-order valence-corrected chi connectivity index (χ2v) is 6.30. The first-order valence-electron chi connectivity index (χ1n) is 7.41. The summed E-state index contributed by atoms with van der Waals surface area (Å²) in [6.45, 7) is 5.78. The Hall–Kier alpha value is -2.08. The first-order chi connectivity index (χ1) is 10.9. The van der Waals surface area contributed by atoms with Gasteiger partial charge in [-0.1, -0.05) is 25.4 Å². The first-order valence-corrected chi connectivity index (χ1v) is 7.79. The van der Waals surface area contributed by atoms with Crippen LogP contribution < -0.4 is 15.1 Å². The van der Waals surface area contributed by atoms with Crippen LogP contribution in [0.3, 0.4) is 0 Å². The number of ether oxygens (including phenoxy) is 1. The molecule has 23 heavy (non-hydrogen) atoms.